The number of benzene rings is 1. The molecule has 6 nitrogen and oxygen atoms in total. The van der Waals surface area contributed by atoms with Crippen LogP contribution in [0, 0.1) is 6.92 Å². The predicted octanol–water partition coefficient (Wildman–Crippen LogP) is 2.93. The van der Waals surface area contributed by atoms with Crippen LogP contribution >= 0.6 is 12.2 Å². The third-order valence-corrected chi connectivity index (χ3v) is 3.30. The summed E-state index contributed by atoms with van der Waals surface area (Å²) in [5.74, 6) is 1.71. The van der Waals surface area contributed by atoms with Crippen molar-refractivity contribution in [3.8, 4) is 11.4 Å². The second kappa shape index (κ2) is 6.97. The van der Waals surface area contributed by atoms with Crippen molar-refractivity contribution in [3.63, 3.8) is 0 Å². The molecule has 3 aromatic rings. The van der Waals surface area contributed by atoms with Crippen LogP contribution in [-0.4, -0.2) is 20.2 Å². The molecule has 23 heavy (non-hydrogen) atoms. The standard InChI is InChI=1S/C16H15N5OS/c1-11-7-8-17-13(9-11)19-16(23)18-10-14-20-15(21-22-14)12-5-3-2-4-6-12/h2-9H,10H2,1H3,(H2,17,18,19,23). The number of thiocarbonyl (C=S) groups is 1. The van der Waals surface area contributed by atoms with Crippen molar-refractivity contribution < 1.29 is 4.52 Å². The summed E-state index contributed by atoms with van der Waals surface area (Å²) < 4.78 is 5.21. The SMILES string of the molecule is Cc1ccnc(NC(=S)NCc2nc(-c3ccccc3)no2)c1. The van der Waals surface area contributed by atoms with E-state index >= 15 is 0 Å². The van der Waals surface area contributed by atoms with E-state index in [0.717, 1.165) is 11.1 Å². The van der Waals surface area contributed by atoms with Crippen molar-refractivity contribution >= 4 is 23.1 Å². The molecule has 7 heteroatoms. The summed E-state index contributed by atoms with van der Waals surface area (Å²) in [6.45, 7) is 2.34. The highest BCUT2D eigenvalue weighted by atomic mass is 32.1. The summed E-state index contributed by atoms with van der Waals surface area (Å²) >= 11 is 5.23. The molecule has 3 rings (SSSR count). The topological polar surface area (TPSA) is 75.9 Å². The fraction of sp³-hybridized carbons (Fsp3) is 0.125. The van der Waals surface area contributed by atoms with Crippen LogP contribution in [0.5, 0.6) is 0 Å². The third-order valence-electron chi connectivity index (χ3n) is 3.06. The van der Waals surface area contributed by atoms with Crippen molar-refractivity contribution in [2.75, 3.05) is 5.32 Å². The van der Waals surface area contributed by atoms with E-state index in [2.05, 4.69) is 25.8 Å². The van der Waals surface area contributed by atoms with Gasteiger partial charge in [0.25, 0.3) is 0 Å². The number of rotatable bonds is 4. The highest BCUT2D eigenvalue weighted by molar-refractivity contribution is 7.80. The highest BCUT2D eigenvalue weighted by Crippen LogP contribution is 2.14. The Balaban J connectivity index is 1.56. The first-order chi connectivity index (χ1) is 11.2. The van der Waals surface area contributed by atoms with Crippen molar-refractivity contribution in [1.82, 2.24) is 20.4 Å². The average Bonchev–Trinajstić information content (AvgIpc) is 3.03. The van der Waals surface area contributed by atoms with Crippen LogP contribution in [0.1, 0.15) is 11.5 Å². The second-order valence-electron chi connectivity index (χ2n) is 4.90. The van der Waals surface area contributed by atoms with Gasteiger partial charge in [0.15, 0.2) is 5.11 Å². The van der Waals surface area contributed by atoms with Crippen LogP contribution < -0.4 is 10.6 Å². The zero-order valence-corrected chi connectivity index (χ0v) is 13.3. The molecule has 2 aromatic heterocycles. The zero-order valence-electron chi connectivity index (χ0n) is 12.5. The quantitative estimate of drug-likeness (QED) is 0.714. The van der Waals surface area contributed by atoms with Gasteiger partial charge in [0.2, 0.25) is 11.7 Å². The molecule has 0 atom stereocenters. The minimum atomic E-state index is 0.345. The fourth-order valence-electron chi connectivity index (χ4n) is 1.95. The van der Waals surface area contributed by atoms with Crippen molar-refractivity contribution in [1.29, 1.82) is 0 Å². The van der Waals surface area contributed by atoms with Gasteiger partial charge >= 0.3 is 0 Å². The number of anilines is 1. The van der Waals surface area contributed by atoms with Crippen molar-refractivity contribution in [2.24, 2.45) is 0 Å². The van der Waals surface area contributed by atoms with E-state index in [4.69, 9.17) is 16.7 Å². The van der Waals surface area contributed by atoms with Gasteiger partial charge in [-0.05, 0) is 36.8 Å². The van der Waals surface area contributed by atoms with E-state index in [9.17, 15) is 0 Å². The Bertz CT molecular complexity index is 803. The number of aryl methyl sites for hydroxylation is 1. The first-order valence-corrected chi connectivity index (χ1v) is 7.47. The number of aromatic nitrogens is 3. The van der Waals surface area contributed by atoms with E-state index in [1.54, 1.807) is 6.20 Å². The van der Waals surface area contributed by atoms with Gasteiger partial charge in [-0.2, -0.15) is 4.98 Å². The van der Waals surface area contributed by atoms with Gasteiger partial charge in [0.05, 0.1) is 6.54 Å². The normalized spacial score (nSPS) is 10.3. The van der Waals surface area contributed by atoms with E-state index in [1.807, 2.05) is 49.4 Å². The van der Waals surface area contributed by atoms with Crippen molar-refractivity contribution in [3.05, 3.63) is 60.1 Å². The zero-order chi connectivity index (χ0) is 16.1. The van der Waals surface area contributed by atoms with E-state index in [0.29, 0.717) is 29.2 Å². The van der Waals surface area contributed by atoms with Gasteiger partial charge in [-0.15, -0.1) is 0 Å². The molecule has 0 radical (unpaired) electrons. The third kappa shape index (κ3) is 4.10. The minimum Gasteiger partial charge on any atom is -0.353 e. The van der Waals surface area contributed by atoms with Crippen molar-refractivity contribution in [2.45, 2.75) is 13.5 Å². The summed E-state index contributed by atoms with van der Waals surface area (Å²) in [7, 11) is 0. The smallest absolute Gasteiger partial charge is 0.246 e. The minimum absolute atomic E-state index is 0.345. The van der Waals surface area contributed by atoms with E-state index in [1.165, 1.54) is 0 Å². The lowest BCUT2D eigenvalue weighted by molar-refractivity contribution is 0.376. The number of hydrogen-bond donors (Lipinski definition) is 2. The number of pyridine rings is 1. The maximum Gasteiger partial charge on any atom is 0.246 e. The Morgan fingerprint density at radius 2 is 2.04 bits per heavy atom. The predicted molar refractivity (Wildman–Crippen MR) is 91.8 cm³/mol. The molecule has 0 aliphatic heterocycles. The molecule has 0 saturated heterocycles. The molecule has 0 bridgehead atoms. The molecule has 0 saturated carbocycles. The Hall–Kier alpha value is -2.80. The molecule has 0 spiro atoms. The molecule has 0 aliphatic rings. The maximum absolute atomic E-state index is 5.23. The highest BCUT2D eigenvalue weighted by Gasteiger charge is 2.08. The van der Waals surface area contributed by atoms with Gasteiger partial charge in [-0.3, -0.25) is 0 Å². The molecular formula is C16H15N5OS. The van der Waals surface area contributed by atoms with Gasteiger partial charge in [-0.25, -0.2) is 4.98 Å². The first-order valence-electron chi connectivity index (χ1n) is 7.06. The van der Waals surface area contributed by atoms with Crippen LogP contribution in [0.25, 0.3) is 11.4 Å². The summed E-state index contributed by atoms with van der Waals surface area (Å²) in [5.41, 5.74) is 2.02. The molecule has 0 unspecified atom stereocenters. The van der Waals surface area contributed by atoms with Gasteiger partial charge in [-0.1, -0.05) is 35.5 Å². The lowest BCUT2D eigenvalue weighted by Crippen LogP contribution is -2.28. The monoisotopic (exact) mass is 325 g/mol. The van der Waals surface area contributed by atoms with E-state index in [-0.39, 0.29) is 0 Å². The fourth-order valence-corrected chi connectivity index (χ4v) is 2.13. The van der Waals surface area contributed by atoms with E-state index < -0.39 is 0 Å². The van der Waals surface area contributed by atoms with Gasteiger partial charge < -0.3 is 15.2 Å². The first kappa shape index (κ1) is 15.1. The Morgan fingerprint density at radius 1 is 1.22 bits per heavy atom. The molecule has 0 fully saturated rings. The lowest BCUT2D eigenvalue weighted by atomic mass is 10.2. The average molecular weight is 325 g/mol. The molecule has 116 valence electrons. The Labute approximate surface area is 139 Å². The number of nitrogens with zero attached hydrogens (tertiary/aromatic N) is 3. The number of nitrogens with one attached hydrogen (secondary N) is 2. The van der Waals surface area contributed by atoms with Crippen LogP contribution in [0.2, 0.25) is 0 Å². The van der Waals surface area contributed by atoms with Gasteiger partial charge in [0.1, 0.15) is 5.82 Å². The summed E-state index contributed by atoms with van der Waals surface area (Å²) in [6, 6.07) is 13.5. The van der Waals surface area contributed by atoms with Crippen LogP contribution in [0.15, 0.2) is 53.2 Å². The summed E-state index contributed by atoms with van der Waals surface area (Å²) in [6.07, 6.45) is 1.73. The Kier molecular flexibility index (Phi) is 4.58. The summed E-state index contributed by atoms with van der Waals surface area (Å²) in [5, 5.41) is 10.4. The molecule has 2 N–H and O–H groups in total. The number of hydrogen-bond acceptors (Lipinski definition) is 5. The lowest BCUT2D eigenvalue weighted by Gasteiger charge is -2.08. The summed E-state index contributed by atoms with van der Waals surface area (Å²) in [4.78, 5) is 8.52. The second-order valence-corrected chi connectivity index (χ2v) is 5.31. The molecule has 1 aromatic carbocycles. The molecule has 0 amide bonds. The molecule has 2 heterocycles. The van der Waals surface area contributed by atoms with Crippen LogP contribution in [-0.2, 0) is 6.54 Å². The van der Waals surface area contributed by atoms with Gasteiger partial charge in [0, 0.05) is 11.8 Å². The van der Waals surface area contributed by atoms with Crippen LogP contribution in [0.4, 0.5) is 5.82 Å². The molecular weight excluding hydrogens is 310 g/mol. The largest absolute Gasteiger partial charge is 0.353 e. The Morgan fingerprint density at radius 3 is 2.83 bits per heavy atom. The maximum atomic E-state index is 5.23. The van der Waals surface area contributed by atoms with Crippen LogP contribution in [0.3, 0.4) is 0 Å². The molecule has 0 aliphatic carbocycles.